The van der Waals surface area contributed by atoms with Gasteiger partial charge in [0.15, 0.2) is 6.61 Å². The highest BCUT2D eigenvalue weighted by atomic mass is 19.4. The van der Waals surface area contributed by atoms with E-state index in [4.69, 9.17) is 10.5 Å². The van der Waals surface area contributed by atoms with E-state index in [0.717, 1.165) is 22.6 Å². The molecular weight excluding hydrogens is 627 g/mol. The number of hydrogen-bond donors (Lipinski definition) is 1. The van der Waals surface area contributed by atoms with Crippen LogP contribution in [0.5, 0.6) is 5.75 Å². The molecule has 0 saturated heterocycles. The number of likely N-dealkylation sites (N-methyl/N-ethyl adjacent to an activating group) is 2. The van der Waals surface area contributed by atoms with Crippen molar-refractivity contribution in [2.75, 3.05) is 48.5 Å². The van der Waals surface area contributed by atoms with Crippen molar-refractivity contribution in [2.24, 2.45) is 5.73 Å². The van der Waals surface area contributed by atoms with Crippen LogP contribution in [0.1, 0.15) is 11.1 Å². The van der Waals surface area contributed by atoms with Gasteiger partial charge in [-0.1, -0.05) is 36.4 Å². The van der Waals surface area contributed by atoms with Crippen molar-refractivity contribution in [3.8, 4) is 5.75 Å². The number of carbonyl (C=O) groups is 4. The van der Waals surface area contributed by atoms with Crippen molar-refractivity contribution < 1.29 is 37.1 Å². The highest BCUT2D eigenvalue weighted by Gasteiger charge is 2.32. The highest BCUT2D eigenvalue weighted by molar-refractivity contribution is 6.06. The van der Waals surface area contributed by atoms with Gasteiger partial charge in [-0.2, -0.15) is 13.2 Å². The number of rotatable bonds is 11. The molecule has 4 aromatic rings. The number of halogens is 3. The number of primary amides is 1. The first-order chi connectivity index (χ1) is 22.7. The molecule has 0 atom stereocenters. The summed E-state index contributed by atoms with van der Waals surface area (Å²) in [5.74, 6) is -1.59. The van der Waals surface area contributed by atoms with E-state index < -0.39 is 55.2 Å². The summed E-state index contributed by atoms with van der Waals surface area (Å²) in [6.45, 7) is 0.445. The van der Waals surface area contributed by atoms with Gasteiger partial charge in [0.2, 0.25) is 11.8 Å². The van der Waals surface area contributed by atoms with Crippen LogP contribution >= 0.6 is 0 Å². The Labute approximate surface area is 275 Å². The Morgan fingerprint density at radius 3 is 1.96 bits per heavy atom. The zero-order valence-corrected chi connectivity index (χ0v) is 26.5. The minimum Gasteiger partial charge on any atom is -0.484 e. The Kier molecular flexibility index (Phi) is 11.1. The van der Waals surface area contributed by atoms with Crippen molar-refractivity contribution in [1.82, 2.24) is 4.90 Å². The van der Waals surface area contributed by atoms with Gasteiger partial charge in [-0.05, 0) is 73.2 Å². The number of benzene rings is 4. The molecule has 0 aliphatic heterocycles. The molecule has 2 N–H and O–H groups in total. The fourth-order valence-corrected chi connectivity index (χ4v) is 4.72. The average molecular weight is 662 g/mol. The van der Waals surface area contributed by atoms with Crippen molar-refractivity contribution in [2.45, 2.75) is 13.1 Å². The van der Waals surface area contributed by atoms with E-state index in [1.165, 1.54) is 39.9 Å². The molecule has 250 valence electrons. The minimum absolute atomic E-state index is 0.147. The van der Waals surface area contributed by atoms with E-state index in [0.29, 0.717) is 11.4 Å². The number of ether oxygens (including phenoxy) is 1. The van der Waals surface area contributed by atoms with Gasteiger partial charge in [0, 0.05) is 31.5 Å². The zero-order chi connectivity index (χ0) is 35.0. The van der Waals surface area contributed by atoms with Crippen molar-refractivity contribution in [3.05, 3.63) is 114 Å². The quantitative estimate of drug-likeness (QED) is 0.219. The second-order valence-corrected chi connectivity index (χ2v) is 10.9. The number of anilines is 4. The normalized spacial score (nSPS) is 11.0. The SMILES string of the molecule is Cc1cccc(N(C(=O)N(C)CC(=O)N(CC(=O)N(C)c2ccccc2)c2cccc(OCC(N)=O)c2)c2ccc(C(F)(F)F)cc2)c1. The largest absolute Gasteiger partial charge is 0.484 e. The summed E-state index contributed by atoms with van der Waals surface area (Å²) < 4.78 is 45.3. The van der Waals surface area contributed by atoms with E-state index >= 15 is 0 Å². The summed E-state index contributed by atoms with van der Waals surface area (Å²) >= 11 is 0. The number of carbonyl (C=O) groups excluding carboxylic acids is 4. The average Bonchev–Trinajstić information content (AvgIpc) is 3.06. The highest BCUT2D eigenvalue weighted by Crippen LogP contribution is 2.33. The molecule has 0 heterocycles. The second-order valence-electron chi connectivity index (χ2n) is 10.9. The van der Waals surface area contributed by atoms with Gasteiger partial charge in [-0.25, -0.2) is 4.79 Å². The number of para-hydroxylation sites is 1. The molecular formula is C35H34F3N5O5. The van der Waals surface area contributed by atoms with Gasteiger partial charge >= 0.3 is 12.2 Å². The third-order valence-electron chi connectivity index (χ3n) is 7.23. The van der Waals surface area contributed by atoms with Crippen LogP contribution in [-0.4, -0.2) is 62.4 Å². The van der Waals surface area contributed by atoms with Crippen LogP contribution in [0, 0.1) is 6.92 Å². The lowest BCUT2D eigenvalue weighted by Gasteiger charge is -2.31. The number of hydrogen-bond acceptors (Lipinski definition) is 5. The Bertz CT molecular complexity index is 1770. The smallest absolute Gasteiger partial charge is 0.416 e. The van der Waals surface area contributed by atoms with Crippen LogP contribution in [0.4, 0.5) is 40.7 Å². The number of aryl methyl sites for hydroxylation is 1. The van der Waals surface area contributed by atoms with E-state index in [1.54, 1.807) is 86.8 Å². The molecule has 0 aromatic heterocycles. The monoisotopic (exact) mass is 661 g/mol. The third kappa shape index (κ3) is 8.90. The maximum absolute atomic E-state index is 14.0. The summed E-state index contributed by atoms with van der Waals surface area (Å²) in [5, 5.41) is 0. The fourth-order valence-electron chi connectivity index (χ4n) is 4.72. The Balaban J connectivity index is 1.65. The molecule has 0 fully saturated rings. The number of nitrogens with zero attached hydrogens (tertiary/aromatic N) is 4. The maximum Gasteiger partial charge on any atom is 0.416 e. The second kappa shape index (κ2) is 15.2. The third-order valence-corrected chi connectivity index (χ3v) is 7.23. The zero-order valence-electron chi connectivity index (χ0n) is 26.5. The number of alkyl halides is 3. The molecule has 10 nitrogen and oxygen atoms in total. The Hall–Kier alpha value is -5.85. The molecule has 5 amide bonds. The van der Waals surface area contributed by atoms with Crippen molar-refractivity contribution in [3.63, 3.8) is 0 Å². The molecule has 0 saturated carbocycles. The molecule has 13 heteroatoms. The topological polar surface area (TPSA) is 116 Å². The molecule has 0 radical (unpaired) electrons. The Morgan fingerprint density at radius 1 is 0.708 bits per heavy atom. The van der Waals surface area contributed by atoms with Gasteiger partial charge in [-0.15, -0.1) is 0 Å². The molecule has 0 unspecified atom stereocenters. The molecule has 0 aliphatic carbocycles. The van der Waals surface area contributed by atoms with Crippen molar-refractivity contribution in [1.29, 1.82) is 0 Å². The van der Waals surface area contributed by atoms with Crippen LogP contribution in [0.25, 0.3) is 0 Å². The minimum atomic E-state index is -4.57. The number of urea groups is 1. The lowest BCUT2D eigenvalue weighted by molar-refractivity contribution is -0.137. The molecule has 4 rings (SSSR count). The van der Waals surface area contributed by atoms with E-state index in [9.17, 15) is 32.3 Å². The van der Waals surface area contributed by atoms with Crippen LogP contribution in [0.15, 0.2) is 103 Å². The van der Waals surface area contributed by atoms with Gasteiger partial charge in [0.25, 0.3) is 5.91 Å². The summed E-state index contributed by atoms with van der Waals surface area (Å²) in [5.41, 5.74) is 6.46. The predicted octanol–water partition coefficient (Wildman–Crippen LogP) is 5.76. The van der Waals surface area contributed by atoms with Gasteiger partial charge in [-0.3, -0.25) is 19.3 Å². The maximum atomic E-state index is 14.0. The molecule has 0 spiro atoms. The number of nitrogens with two attached hydrogens (primary N) is 1. The van der Waals surface area contributed by atoms with E-state index in [-0.39, 0.29) is 17.1 Å². The summed E-state index contributed by atoms with van der Waals surface area (Å²) in [6.07, 6.45) is -4.57. The molecule has 0 bridgehead atoms. The molecule has 4 aromatic carbocycles. The summed E-state index contributed by atoms with van der Waals surface area (Å²) in [6, 6.07) is 25.1. The van der Waals surface area contributed by atoms with Crippen molar-refractivity contribution >= 4 is 46.5 Å². The van der Waals surface area contributed by atoms with Gasteiger partial charge in [0.05, 0.1) is 16.9 Å². The lowest BCUT2D eigenvalue weighted by Crippen LogP contribution is -2.48. The van der Waals surface area contributed by atoms with Crippen LogP contribution in [0.3, 0.4) is 0 Å². The summed E-state index contributed by atoms with van der Waals surface area (Å²) in [4.78, 5) is 57.5. The summed E-state index contributed by atoms with van der Waals surface area (Å²) in [7, 11) is 2.93. The van der Waals surface area contributed by atoms with E-state index in [2.05, 4.69) is 0 Å². The van der Waals surface area contributed by atoms with Crippen LogP contribution in [-0.2, 0) is 20.6 Å². The predicted molar refractivity (Wildman–Crippen MR) is 176 cm³/mol. The van der Waals surface area contributed by atoms with E-state index in [1.807, 2.05) is 0 Å². The first-order valence-corrected chi connectivity index (χ1v) is 14.7. The van der Waals surface area contributed by atoms with Gasteiger partial charge in [0.1, 0.15) is 18.8 Å². The fraction of sp³-hybridized carbons (Fsp3) is 0.200. The first-order valence-electron chi connectivity index (χ1n) is 14.7. The van der Waals surface area contributed by atoms with Gasteiger partial charge < -0.3 is 25.2 Å². The van der Waals surface area contributed by atoms with Crippen LogP contribution in [0.2, 0.25) is 0 Å². The standard InChI is InChI=1S/C35H34F3N5O5/c1-24-9-7-13-29(19-24)43(27-17-15-25(16-18-27)35(36,37)38)34(47)40(2)21-33(46)42(22-32(45)41(3)26-10-5-4-6-11-26)28-12-8-14-30(20-28)48-23-31(39)44/h4-20H,21-23H2,1-3H3,(H2,39,44). The molecule has 0 aliphatic rings. The van der Waals surface area contributed by atoms with Crippen LogP contribution < -0.4 is 25.2 Å². The molecule has 48 heavy (non-hydrogen) atoms. The first kappa shape index (κ1) is 35.0. The lowest BCUT2D eigenvalue weighted by atomic mass is 10.1. The number of amides is 5. The Morgan fingerprint density at radius 2 is 1.33 bits per heavy atom.